The number of benzene rings is 1. The van der Waals surface area contributed by atoms with Gasteiger partial charge in [0.15, 0.2) is 0 Å². The average Bonchev–Trinajstić information content (AvgIpc) is 2.48. The highest BCUT2D eigenvalue weighted by atomic mass is 19.1. The molecule has 20 heavy (non-hydrogen) atoms. The van der Waals surface area contributed by atoms with Gasteiger partial charge in [0.1, 0.15) is 5.82 Å². The lowest BCUT2D eigenvalue weighted by Crippen LogP contribution is -2.46. The zero-order valence-electron chi connectivity index (χ0n) is 11.8. The van der Waals surface area contributed by atoms with Crippen LogP contribution in [0.5, 0.6) is 0 Å². The van der Waals surface area contributed by atoms with Crippen LogP contribution >= 0.6 is 0 Å². The van der Waals surface area contributed by atoms with E-state index in [1.807, 2.05) is 6.07 Å². The number of hydrogen-bond donors (Lipinski definition) is 2. The Balaban J connectivity index is 2.23. The molecule has 110 valence electrons. The molecule has 2 rings (SSSR count). The Bertz CT molecular complexity index is 456. The summed E-state index contributed by atoms with van der Waals surface area (Å²) >= 11 is 0. The standard InChI is InChI=1S/C16H23FN2O/c17-14-7-4-6-13(12-14)16(8-2-1-3-9-16)15(20)19-11-5-10-18/h4,6-7,12H,1-3,5,8-11,18H2,(H,19,20). The monoisotopic (exact) mass is 278 g/mol. The predicted octanol–water partition coefficient (Wildman–Crippen LogP) is 2.49. The number of nitrogens with one attached hydrogen (secondary N) is 1. The van der Waals surface area contributed by atoms with Gasteiger partial charge >= 0.3 is 0 Å². The first-order chi connectivity index (χ1) is 9.69. The molecule has 1 aromatic carbocycles. The minimum Gasteiger partial charge on any atom is -0.355 e. The summed E-state index contributed by atoms with van der Waals surface area (Å²) in [5, 5.41) is 2.97. The van der Waals surface area contributed by atoms with Gasteiger partial charge in [-0.15, -0.1) is 0 Å². The minimum absolute atomic E-state index is 0.0243. The second kappa shape index (κ2) is 6.84. The molecule has 1 fully saturated rings. The summed E-state index contributed by atoms with van der Waals surface area (Å²) in [4.78, 5) is 12.6. The summed E-state index contributed by atoms with van der Waals surface area (Å²) in [7, 11) is 0. The lowest BCUT2D eigenvalue weighted by Gasteiger charge is -2.36. The van der Waals surface area contributed by atoms with E-state index in [0.717, 1.165) is 44.1 Å². The molecular formula is C16H23FN2O. The lowest BCUT2D eigenvalue weighted by atomic mass is 9.68. The maximum absolute atomic E-state index is 13.5. The van der Waals surface area contributed by atoms with Crippen molar-refractivity contribution in [1.82, 2.24) is 5.32 Å². The molecule has 0 aliphatic heterocycles. The summed E-state index contributed by atoms with van der Waals surface area (Å²) in [5.74, 6) is -0.251. The predicted molar refractivity (Wildman–Crippen MR) is 77.8 cm³/mol. The van der Waals surface area contributed by atoms with E-state index in [2.05, 4.69) is 5.32 Å². The highest BCUT2D eigenvalue weighted by Gasteiger charge is 2.40. The van der Waals surface area contributed by atoms with Crippen molar-refractivity contribution in [3.63, 3.8) is 0 Å². The number of carbonyl (C=O) groups excluding carboxylic acids is 1. The van der Waals surface area contributed by atoms with Crippen LogP contribution in [0.25, 0.3) is 0 Å². The molecule has 0 heterocycles. The van der Waals surface area contributed by atoms with E-state index in [-0.39, 0.29) is 11.7 Å². The first-order valence-electron chi connectivity index (χ1n) is 7.43. The van der Waals surface area contributed by atoms with Crippen LogP contribution in [0.3, 0.4) is 0 Å². The highest BCUT2D eigenvalue weighted by Crippen LogP contribution is 2.39. The molecule has 1 aliphatic carbocycles. The number of nitrogens with two attached hydrogens (primary N) is 1. The van der Waals surface area contributed by atoms with Crippen molar-refractivity contribution in [2.75, 3.05) is 13.1 Å². The summed E-state index contributed by atoms with van der Waals surface area (Å²) in [5.41, 5.74) is 5.70. The van der Waals surface area contributed by atoms with Gasteiger partial charge in [-0.3, -0.25) is 4.79 Å². The van der Waals surface area contributed by atoms with Gasteiger partial charge < -0.3 is 11.1 Å². The van der Waals surface area contributed by atoms with Crippen molar-refractivity contribution in [3.05, 3.63) is 35.6 Å². The van der Waals surface area contributed by atoms with Crippen molar-refractivity contribution in [2.45, 2.75) is 43.9 Å². The first-order valence-corrected chi connectivity index (χ1v) is 7.43. The Labute approximate surface area is 119 Å². The molecule has 1 aliphatic rings. The number of hydrogen-bond acceptors (Lipinski definition) is 2. The molecule has 4 heteroatoms. The maximum Gasteiger partial charge on any atom is 0.230 e. The van der Waals surface area contributed by atoms with Crippen LogP contribution in [0.2, 0.25) is 0 Å². The number of amides is 1. The molecule has 1 amide bonds. The smallest absolute Gasteiger partial charge is 0.230 e. The molecular weight excluding hydrogens is 255 g/mol. The van der Waals surface area contributed by atoms with E-state index >= 15 is 0 Å². The molecule has 0 spiro atoms. The van der Waals surface area contributed by atoms with Crippen LogP contribution in [0.1, 0.15) is 44.1 Å². The fourth-order valence-corrected chi connectivity index (χ4v) is 3.06. The third kappa shape index (κ3) is 3.18. The quantitative estimate of drug-likeness (QED) is 0.813. The third-order valence-corrected chi connectivity index (χ3v) is 4.19. The fourth-order valence-electron chi connectivity index (χ4n) is 3.06. The zero-order valence-corrected chi connectivity index (χ0v) is 11.8. The average molecular weight is 278 g/mol. The second-order valence-corrected chi connectivity index (χ2v) is 5.55. The van der Waals surface area contributed by atoms with E-state index in [0.29, 0.717) is 13.1 Å². The highest BCUT2D eigenvalue weighted by molar-refractivity contribution is 5.88. The van der Waals surface area contributed by atoms with Gasteiger partial charge in [0.05, 0.1) is 5.41 Å². The molecule has 0 aromatic heterocycles. The normalized spacial score (nSPS) is 17.7. The van der Waals surface area contributed by atoms with Gasteiger partial charge in [0.25, 0.3) is 0 Å². The Kier molecular flexibility index (Phi) is 5.12. The molecule has 0 unspecified atom stereocenters. The van der Waals surface area contributed by atoms with E-state index < -0.39 is 5.41 Å². The maximum atomic E-state index is 13.5. The Morgan fingerprint density at radius 1 is 1.30 bits per heavy atom. The van der Waals surface area contributed by atoms with Crippen LogP contribution in [-0.4, -0.2) is 19.0 Å². The molecule has 3 nitrogen and oxygen atoms in total. The molecule has 0 bridgehead atoms. The van der Waals surface area contributed by atoms with E-state index in [1.54, 1.807) is 6.07 Å². The summed E-state index contributed by atoms with van der Waals surface area (Å²) < 4.78 is 13.5. The van der Waals surface area contributed by atoms with Crippen LogP contribution < -0.4 is 11.1 Å². The van der Waals surface area contributed by atoms with Crippen molar-refractivity contribution in [1.29, 1.82) is 0 Å². The summed E-state index contributed by atoms with van der Waals surface area (Å²) in [6.45, 7) is 1.15. The minimum atomic E-state index is -0.561. The van der Waals surface area contributed by atoms with Crippen LogP contribution in [0.4, 0.5) is 4.39 Å². The van der Waals surface area contributed by atoms with Crippen molar-refractivity contribution < 1.29 is 9.18 Å². The van der Waals surface area contributed by atoms with Gasteiger partial charge in [-0.25, -0.2) is 4.39 Å². The first kappa shape index (κ1) is 15.0. The fraction of sp³-hybridized carbons (Fsp3) is 0.562. The van der Waals surface area contributed by atoms with E-state index in [1.165, 1.54) is 12.1 Å². The van der Waals surface area contributed by atoms with E-state index in [9.17, 15) is 9.18 Å². The van der Waals surface area contributed by atoms with Gasteiger partial charge in [0.2, 0.25) is 5.91 Å². The second-order valence-electron chi connectivity index (χ2n) is 5.55. The Hall–Kier alpha value is -1.42. The van der Waals surface area contributed by atoms with Crippen molar-refractivity contribution >= 4 is 5.91 Å². The largest absolute Gasteiger partial charge is 0.355 e. The van der Waals surface area contributed by atoms with Crippen molar-refractivity contribution in [3.8, 4) is 0 Å². The molecule has 3 N–H and O–H groups in total. The Morgan fingerprint density at radius 3 is 2.70 bits per heavy atom. The SMILES string of the molecule is NCCCNC(=O)C1(c2cccc(F)c2)CCCCC1. The van der Waals surface area contributed by atoms with Crippen LogP contribution in [0, 0.1) is 5.82 Å². The molecule has 0 atom stereocenters. The molecule has 0 radical (unpaired) electrons. The summed E-state index contributed by atoms with van der Waals surface area (Å²) in [6.07, 6.45) is 5.54. The lowest BCUT2D eigenvalue weighted by molar-refractivity contribution is -0.128. The van der Waals surface area contributed by atoms with Crippen LogP contribution in [-0.2, 0) is 10.2 Å². The topological polar surface area (TPSA) is 55.1 Å². The van der Waals surface area contributed by atoms with Gasteiger partial charge in [-0.1, -0.05) is 31.4 Å². The molecule has 1 saturated carbocycles. The Morgan fingerprint density at radius 2 is 2.05 bits per heavy atom. The number of rotatable bonds is 5. The summed E-state index contributed by atoms with van der Waals surface area (Å²) in [6, 6.07) is 6.49. The van der Waals surface area contributed by atoms with Crippen molar-refractivity contribution in [2.24, 2.45) is 5.73 Å². The van der Waals surface area contributed by atoms with Gasteiger partial charge in [-0.05, 0) is 43.5 Å². The molecule has 1 aromatic rings. The van der Waals surface area contributed by atoms with Crippen LogP contribution in [0.15, 0.2) is 24.3 Å². The third-order valence-electron chi connectivity index (χ3n) is 4.19. The van der Waals surface area contributed by atoms with Gasteiger partial charge in [-0.2, -0.15) is 0 Å². The molecule has 0 saturated heterocycles. The van der Waals surface area contributed by atoms with E-state index in [4.69, 9.17) is 5.73 Å². The zero-order chi connectivity index (χ0) is 14.4. The number of halogens is 1. The number of carbonyl (C=O) groups is 1. The van der Waals surface area contributed by atoms with Gasteiger partial charge in [0, 0.05) is 6.54 Å².